The van der Waals surface area contributed by atoms with Crippen LogP contribution >= 0.6 is 11.8 Å². The SMILES string of the molecule is COc1ccc(NC(=O)CSc2nc(C)cc(C)c2C(=O)Nc2cccc(C)c2)cc1OC. The molecular formula is C25H27N3O4S. The number of amides is 2. The third kappa shape index (κ3) is 6.26. The first kappa shape index (κ1) is 24.1. The van der Waals surface area contributed by atoms with Gasteiger partial charge in [0.25, 0.3) is 5.91 Å². The molecule has 3 aromatic rings. The van der Waals surface area contributed by atoms with Crippen molar-refractivity contribution in [3.8, 4) is 11.5 Å². The van der Waals surface area contributed by atoms with Gasteiger partial charge in [0.05, 0.1) is 25.5 Å². The second kappa shape index (κ2) is 10.9. The molecule has 1 heterocycles. The smallest absolute Gasteiger partial charge is 0.258 e. The molecule has 0 unspecified atom stereocenters. The molecule has 7 nitrogen and oxygen atoms in total. The molecule has 0 radical (unpaired) electrons. The van der Waals surface area contributed by atoms with E-state index in [1.807, 2.05) is 51.1 Å². The number of thioether (sulfide) groups is 1. The Morgan fingerprint density at radius 3 is 2.33 bits per heavy atom. The zero-order chi connectivity index (χ0) is 24.0. The summed E-state index contributed by atoms with van der Waals surface area (Å²) in [6, 6.07) is 14.6. The third-order valence-electron chi connectivity index (χ3n) is 4.82. The fourth-order valence-corrected chi connectivity index (χ4v) is 4.29. The molecule has 0 bridgehead atoms. The van der Waals surface area contributed by atoms with Crippen LogP contribution < -0.4 is 20.1 Å². The molecule has 172 valence electrons. The lowest BCUT2D eigenvalue weighted by Gasteiger charge is -2.14. The zero-order valence-corrected chi connectivity index (χ0v) is 20.1. The highest BCUT2D eigenvalue weighted by Crippen LogP contribution is 2.30. The number of nitrogens with zero attached hydrogens (tertiary/aromatic N) is 1. The summed E-state index contributed by atoms with van der Waals surface area (Å²) in [7, 11) is 3.09. The minimum absolute atomic E-state index is 0.0922. The number of hydrogen-bond donors (Lipinski definition) is 2. The summed E-state index contributed by atoms with van der Waals surface area (Å²) in [4.78, 5) is 30.2. The van der Waals surface area contributed by atoms with Crippen LogP contribution in [-0.4, -0.2) is 36.8 Å². The number of nitrogens with one attached hydrogen (secondary N) is 2. The van der Waals surface area contributed by atoms with Crippen molar-refractivity contribution in [1.29, 1.82) is 0 Å². The normalized spacial score (nSPS) is 10.5. The molecule has 1 aromatic heterocycles. The molecule has 2 aromatic carbocycles. The molecule has 0 aliphatic rings. The van der Waals surface area contributed by atoms with Crippen LogP contribution in [0.1, 0.15) is 27.2 Å². The second-order valence-electron chi connectivity index (χ2n) is 7.49. The van der Waals surface area contributed by atoms with Crippen LogP contribution in [0.4, 0.5) is 11.4 Å². The molecule has 0 aliphatic carbocycles. The molecule has 0 saturated carbocycles. The molecule has 33 heavy (non-hydrogen) atoms. The molecule has 0 saturated heterocycles. The van der Waals surface area contributed by atoms with E-state index in [1.165, 1.54) is 18.9 Å². The van der Waals surface area contributed by atoms with Crippen molar-refractivity contribution in [2.45, 2.75) is 25.8 Å². The Morgan fingerprint density at radius 1 is 0.909 bits per heavy atom. The lowest BCUT2D eigenvalue weighted by Crippen LogP contribution is -2.18. The highest BCUT2D eigenvalue weighted by atomic mass is 32.2. The van der Waals surface area contributed by atoms with Crippen molar-refractivity contribution in [2.75, 3.05) is 30.6 Å². The average Bonchev–Trinajstić information content (AvgIpc) is 2.77. The van der Waals surface area contributed by atoms with Crippen molar-refractivity contribution in [1.82, 2.24) is 4.98 Å². The molecule has 0 aliphatic heterocycles. The summed E-state index contributed by atoms with van der Waals surface area (Å²) >= 11 is 1.22. The summed E-state index contributed by atoms with van der Waals surface area (Å²) < 4.78 is 10.5. The van der Waals surface area contributed by atoms with Crippen molar-refractivity contribution < 1.29 is 19.1 Å². The predicted molar refractivity (Wildman–Crippen MR) is 132 cm³/mol. The van der Waals surface area contributed by atoms with E-state index < -0.39 is 0 Å². The van der Waals surface area contributed by atoms with Gasteiger partial charge in [0, 0.05) is 23.1 Å². The highest BCUT2D eigenvalue weighted by Gasteiger charge is 2.19. The van der Waals surface area contributed by atoms with Gasteiger partial charge in [0.1, 0.15) is 5.03 Å². The molecule has 3 rings (SSSR count). The van der Waals surface area contributed by atoms with Crippen LogP contribution in [0.25, 0.3) is 0 Å². The topological polar surface area (TPSA) is 89.5 Å². The van der Waals surface area contributed by atoms with E-state index in [2.05, 4.69) is 15.6 Å². The van der Waals surface area contributed by atoms with Gasteiger partial charge in [-0.25, -0.2) is 4.98 Å². The van der Waals surface area contributed by atoms with Crippen LogP contribution in [-0.2, 0) is 4.79 Å². The van der Waals surface area contributed by atoms with Crippen LogP contribution in [0.3, 0.4) is 0 Å². The predicted octanol–water partition coefficient (Wildman–Crippen LogP) is 5.01. The summed E-state index contributed by atoms with van der Waals surface area (Å²) in [6.45, 7) is 5.70. The maximum Gasteiger partial charge on any atom is 0.258 e. The van der Waals surface area contributed by atoms with Gasteiger partial charge < -0.3 is 20.1 Å². The van der Waals surface area contributed by atoms with Gasteiger partial charge in [-0.3, -0.25) is 9.59 Å². The largest absolute Gasteiger partial charge is 0.493 e. The number of ether oxygens (including phenoxy) is 2. The fourth-order valence-electron chi connectivity index (χ4n) is 3.34. The minimum Gasteiger partial charge on any atom is -0.493 e. The summed E-state index contributed by atoms with van der Waals surface area (Å²) in [6.07, 6.45) is 0. The summed E-state index contributed by atoms with van der Waals surface area (Å²) in [5, 5.41) is 6.28. The first-order chi connectivity index (χ1) is 15.8. The van der Waals surface area contributed by atoms with E-state index >= 15 is 0 Å². The number of aryl methyl sites for hydroxylation is 3. The third-order valence-corrected chi connectivity index (χ3v) is 5.80. The maximum absolute atomic E-state index is 13.1. The van der Waals surface area contributed by atoms with E-state index in [4.69, 9.17) is 9.47 Å². The molecule has 8 heteroatoms. The Kier molecular flexibility index (Phi) is 7.95. The number of carbonyl (C=O) groups is 2. The Hall–Kier alpha value is -3.52. The average molecular weight is 466 g/mol. The van der Waals surface area contributed by atoms with Gasteiger partial charge in [-0.2, -0.15) is 0 Å². The molecule has 0 fully saturated rings. The first-order valence-electron chi connectivity index (χ1n) is 10.3. The Labute approximate surface area is 197 Å². The number of methoxy groups -OCH3 is 2. The standard InChI is InChI=1S/C25H27N3O4S/c1-15-7-6-8-18(11-15)28-24(30)23-16(2)12-17(3)26-25(23)33-14-22(29)27-19-9-10-20(31-4)21(13-19)32-5/h6-13H,14H2,1-5H3,(H,27,29)(H,28,30). The molecule has 2 N–H and O–H groups in total. The molecule has 2 amide bonds. The number of aromatic nitrogens is 1. The van der Waals surface area contributed by atoms with Gasteiger partial charge in [0.15, 0.2) is 11.5 Å². The molecule has 0 atom stereocenters. The van der Waals surface area contributed by atoms with Crippen LogP contribution in [0.15, 0.2) is 53.6 Å². The van der Waals surface area contributed by atoms with Gasteiger partial charge in [0.2, 0.25) is 5.91 Å². The number of benzene rings is 2. The van der Waals surface area contributed by atoms with Crippen molar-refractivity contribution in [2.24, 2.45) is 0 Å². The Morgan fingerprint density at radius 2 is 1.64 bits per heavy atom. The van der Waals surface area contributed by atoms with Gasteiger partial charge >= 0.3 is 0 Å². The Bertz CT molecular complexity index is 1180. The lowest BCUT2D eigenvalue weighted by atomic mass is 10.1. The number of rotatable bonds is 8. The number of pyridine rings is 1. The van der Waals surface area contributed by atoms with Gasteiger partial charge in [-0.15, -0.1) is 0 Å². The van der Waals surface area contributed by atoms with Crippen molar-refractivity contribution in [3.05, 3.63) is 70.9 Å². The lowest BCUT2D eigenvalue weighted by molar-refractivity contribution is -0.113. The highest BCUT2D eigenvalue weighted by molar-refractivity contribution is 8.00. The first-order valence-corrected chi connectivity index (χ1v) is 11.3. The Balaban J connectivity index is 1.74. The van der Waals surface area contributed by atoms with Crippen LogP contribution in [0.2, 0.25) is 0 Å². The van der Waals surface area contributed by atoms with E-state index in [9.17, 15) is 9.59 Å². The summed E-state index contributed by atoms with van der Waals surface area (Å²) in [5.74, 6) is 0.712. The number of hydrogen-bond acceptors (Lipinski definition) is 6. The van der Waals surface area contributed by atoms with E-state index in [0.717, 1.165) is 16.8 Å². The number of carbonyl (C=O) groups excluding carboxylic acids is 2. The monoisotopic (exact) mass is 465 g/mol. The van der Waals surface area contributed by atoms with Gasteiger partial charge in [-0.05, 0) is 62.2 Å². The van der Waals surface area contributed by atoms with Crippen molar-refractivity contribution in [3.63, 3.8) is 0 Å². The van der Waals surface area contributed by atoms with Crippen molar-refractivity contribution >= 4 is 35.0 Å². The minimum atomic E-state index is -0.256. The van der Waals surface area contributed by atoms with Gasteiger partial charge in [-0.1, -0.05) is 23.9 Å². The molecule has 0 spiro atoms. The van der Waals surface area contributed by atoms with E-state index in [-0.39, 0.29) is 17.6 Å². The fraction of sp³-hybridized carbons (Fsp3) is 0.240. The molecular weight excluding hydrogens is 438 g/mol. The second-order valence-corrected chi connectivity index (χ2v) is 8.45. The van der Waals surface area contributed by atoms with E-state index in [0.29, 0.717) is 33.5 Å². The zero-order valence-electron chi connectivity index (χ0n) is 19.3. The van der Waals surface area contributed by atoms with Crippen LogP contribution in [0.5, 0.6) is 11.5 Å². The van der Waals surface area contributed by atoms with Crippen LogP contribution in [0, 0.1) is 20.8 Å². The maximum atomic E-state index is 13.1. The summed E-state index contributed by atoms with van der Waals surface area (Å²) in [5.41, 5.74) is 4.39. The quantitative estimate of drug-likeness (QED) is 0.455. The number of anilines is 2. The van der Waals surface area contributed by atoms with E-state index in [1.54, 1.807) is 25.3 Å².